The second-order valence-electron chi connectivity index (χ2n) is 6.49. The van der Waals surface area contributed by atoms with E-state index in [2.05, 4.69) is 10.1 Å². The lowest BCUT2D eigenvalue weighted by Gasteiger charge is -2.28. The fourth-order valence-electron chi connectivity index (χ4n) is 3.17. The molecule has 1 aliphatic rings. The van der Waals surface area contributed by atoms with Crippen LogP contribution in [0.3, 0.4) is 0 Å². The van der Waals surface area contributed by atoms with Crippen LogP contribution in [0.25, 0.3) is 10.7 Å². The van der Waals surface area contributed by atoms with Crippen LogP contribution in [0.5, 0.6) is 0 Å². The normalized spacial score (nSPS) is 18.9. The Morgan fingerprint density at radius 1 is 1.46 bits per heavy atom. The molecular weight excluding hydrogens is 374 g/mol. The minimum absolute atomic E-state index is 0.00643. The van der Waals surface area contributed by atoms with Crippen molar-refractivity contribution < 1.29 is 17.7 Å². The van der Waals surface area contributed by atoms with Gasteiger partial charge in [0.2, 0.25) is 17.6 Å². The van der Waals surface area contributed by atoms with E-state index in [0.717, 1.165) is 11.3 Å². The van der Waals surface area contributed by atoms with Crippen LogP contribution in [-0.4, -0.2) is 53.5 Å². The molecule has 2 aromatic rings. The number of aromatic nitrogens is 2. The summed E-state index contributed by atoms with van der Waals surface area (Å²) in [6, 6.07) is 3.68. The molecule has 0 aromatic carbocycles. The van der Waals surface area contributed by atoms with E-state index in [-0.39, 0.29) is 23.5 Å². The molecule has 0 radical (unpaired) electrons. The number of rotatable bonds is 8. The number of thiophene rings is 1. The Hall–Kier alpha value is -1.74. The summed E-state index contributed by atoms with van der Waals surface area (Å²) in [5.41, 5.74) is 0. The number of hydrogen-bond acceptors (Lipinski definition) is 7. The number of carbonyl (C=O) groups is 1. The summed E-state index contributed by atoms with van der Waals surface area (Å²) >= 11 is 1.55. The van der Waals surface area contributed by atoms with Gasteiger partial charge < -0.3 is 9.42 Å². The van der Waals surface area contributed by atoms with E-state index in [1.54, 1.807) is 16.2 Å². The van der Waals surface area contributed by atoms with E-state index in [4.69, 9.17) is 4.52 Å². The number of nitrogens with zero attached hydrogens (tertiary/aromatic N) is 3. The molecule has 1 saturated heterocycles. The highest BCUT2D eigenvalue weighted by molar-refractivity contribution is 7.91. The lowest BCUT2D eigenvalue weighted by atomic mass is 10.1. The molecule has 26 heavy (non-hydrogen) atoms. The van der Waals surface area contributed by atoms with E-state index in [0.29, 0.717) is 43.9 Å². The molecule has 9 heteroatoms. The maximum Gasteiger partial charge on any atom is 0.226 e. The summed E-state index contributed by atoms with van der Waals surface area (Å²) in [5.74, 6) is 1.37. The van der Waals surface area contributed by atoms with Gasteiger partial charge in [0.05, 0.1) is 16.4 Å². The predicted molar refractivity (Wildman–Crippen MR) is 99.6 cm³/mol. The largest absolute Gasteiger partial charge is 0.339 e. The van der Waals surface area contributed by atoms with Crippen molar-refractivity contribution in [2.45, 2.75) is 45.1 Å². The van der Waals surface area contributed by atoms with Gasteiger partial charge in [-0.1, -0.05) is 18.1 Å². The number of sulfone groups is 1. The molecule has 7 nitrogen and oxygen atoms in total. The fourth-order valence-corrected chi connectivity index (χ4v) is 5.55. The maximum atomic E-state index is 12.6. The number of aryl methyl sites for hydroxylation is 1. The van der Waals surface area contributed by atoms with Crippen molar-refractivity contribution in [3.05, 3.63) is 23.4 Å². The van der Waals surface area contributed by atoms with E-state index < -0.39 is 9.84 Å². The molecule has 1 amide bonds. The number of hydrogen-bond donors (Lipinski definition) is 0. The molecule has 1 unspecified atom stereocenters. The van der Waals surface area contributed by atoms with Crippen LogP contribution in [0.2, 0.25) is 0 Å². The van der Waals surface area contributed by atoms with Crippen molar-refractivity contribution >= 4 is 27.1 Å². The van der Waals surface area contributed by atoms with Crippen LogP contribution >= 0.6 is 11.3 Å². The Morgan fingerprint density at radius 2 is 2.31 bits per heavy atom. The summed E-state index contributed by atoms with van der Waals surface area (Å²) in [6.07, 6.45) is 2.85. The SMILES string of the molecule is CCCN(C(=O)CCCc1nc(-c2cccs2)no1)C1CCS(=O)(=O)C1. The molecule has 1 aliphatic heterocycles. The van der Waals surface area contributed by atoms with Crippen LogP contribution in [0.1, 0.15) is 38.5 Å². The first kappa shape index (κ1) is 19.0. The van der Waals surface area contributed by atoms with Crippen molar-refractivity contribution in [2.24, 2.45) is 0 Å². The molecule has 0 saturated carbocycles. The highest BCUT2D eigenvalue weighted by atomic mass is 32.2. The van der Waals surface area contributed by atoms with Gasteiger partial charge in [-0.05, 0) is 30.7 Å². The van der Waals surface area contributed by atoms with E-state index >= 15 is 0 Å². The van der Waals surface area contributed by atoms with E-state index in [9.17, 15) is 13.2 Å². The maximum absolute atomic E-state index is 12.6. The molecule has 142 valence electrons. The van der Waals surface area contributed by atoms with Crippen molar-refractivity contribution in [3.8, 4) is 10.7 Å². The van der Waals surface area contributed by atoms with Crippen molar-refractivity contribution in [1.82, 2.24) is 15.0 Å². The van der Waals surface area contributed by atoms with Gasteiger partial charge in [0.25, 0.3) is 0 Å². The molecular formula is C17H23N3O4S2. The third-order valence-electron chi connectivity index (χ3n) is 4.42. The van der Waals surface area contributed by atoms with E-state index in [1.165, 1.54) is 0 Å². The van der Waals surface area contributed by atoms with Gasteiger partial charge in [0.1, 0.15) is 0 Å². The van der Waals surface area contributed by atoms with Crippen LogP contribution in [0, 0.1) is 0 Å². The molecule has 0 N–H and O–H groups in total. The summed E-state index contributed by atoms with van der Waals surface area (Å²) in [7, 11) is -3.00. The van der Waals surface area contributed by atoms with E-state index in [1.807, 2.05) is 24.4 Å². The Kier molecular flexibility index (Phi) is 6.08. The first-order valence-electron chi connectivity index (χ1n) is 8.85. The number of amides is 1. The topological polar surface area (TPSA) is 93.4 Å². The van der Waals surface area contributed by atoms with Gasteiger partial charge in [-0.3, -0.25) is 4.79 Å². The Labute approximate surface area is 157 Å². The third-order valence-corrected chi connectivity index (χ3v) is 7.04. The van der Waals surface area contributed by atoms with Gasteiger partial charge in [0, 0.05) is 25.4 Å². The Balaban J connectivity index is 1.52. The average Bonchev–Trinajstić information content (AvgIpc) is 3.32. The van der Waals surface area contributed by atoms with Gasteiger partial charge >= 0.3 is 0 Å². The third kappa shape index (κ3) is 4.70. The molecule has 1 atom stereocenters. The van der Waals surface area contributed by atoms with Gasteiger partial charge in [-0.2, -0.15) is 4.98 Å². The van der Waals surface area contributed by atoms with Crippen LogP contribution in [0.15, 0.2) is 22.0 Å². The molecule has 0 aliphatic carbocycles. The fraction of sp³-hybridized carbons (Fsp3) is 0.588. The summed E-state index contributed by atoms with van der Waals surface area (Å²) in [6.45, 7) is 2.59. The zero-order chi connectivity index (χ0) is 18.6. The smallest absolute Gasteiger partial charge is 0.226 e. The highest BCUT2D eigenvalue weighted by Gasteiger charge is 2.33. The first-order chi connectivity index (χ1) is 12.5. The lowest BCUT2D eigenvalue weighted by molar-refractivity contribution is -0.133. The minimum atomic E-state index is -3.00. The predicted octanol–water partition coefficient (Wildman–Crippen LogP) is 2.55. The quantitative estimate of drug-likeness (QED) is 0.679. The molecule has 1 fully saturated rings. The lowest BCUT2D eigenvalue weighted by Crippen LogP contribution is -2.41. The van der Waals surface area contributed by atoms with Gasteiger partial charge in [-0.15, -0.1) is 11.3 Å². The van der Waals surface area contributed by atoms with Crippen molar-refractivity contribution in [1.29, 1.82) is 0 Å². The van der Waals surface area contributed by atoms with Crippen LogP contribution in [0.4, 0.5) is 0 Å². The average molecular weight is 398 g/mol. The van der Waals surface area contributed by atoms with Crippen LogP contribution < -0.4 is 0 Å². The zero-order valence-corrected chi connectivity index (χ0v) is 16.4. The minimum Gasteiger partial charge on any atom is -0.339 e. The Morgan fingerprint density at radius 3 is 2.96 bits per heavy atom. The summed E-state index contributed by atoms with van der Waals surface area (Å²) in [5, 5.41) is 5.92. The highest BCUT2D eigenvalue weighted by Crippen LogP contribution is 2.22. The summed E-state index contributed by atoms with van der Waals surface area (Å²) < 4.78 is 28.7. The molecule has 3 heterocycles. The number of carbonyl (C=O) groups excluding carboxylic acids is 1. The van der Waals surface area contributed by atoms with Gasteiger partial charge in [0.15, 0.2) is 9.84 Å². The zero-order valence-electron chi connectivity index (χ0n) is 14.8. The standard InChI is InChI=1S/C17H23N3O4S2/c1-2-9-20(13-8-11-26(22,23)12-13)16(21)7-3-6-15-18-17(19-24-15)14-5-4-10-25-14/h4-5,10,13H,2-3,6-9,11-12H2,1H3. The molecule has 2 aromatic heterocycles. The van der Waals surface area contributed by atoms with Crippen LogP contribution in [-0.2, 0) is 21.1 Å². The molecule has 0 bridgehead atoms. The van der Waals surface area contributed by atoms with Gasteiger partial charge in [-0.25, -0.2) is 8.42 Å². The second kappa shape index (κ2) is 8.30. The Bertz CT molecular complexity index is 830. The van der Waals surface area contributed by atoms with Crippen molar-refractivity contribution in [3.63, 3.8) is 0 Å². The monoisotopic (exact) mass is 397 g/mol. The first-order valence-corrected chi connectivity index (χ1v) is 11.5. The van der Waals surface area contributed by atoms with Crippen molar-refractivity contribution in [2.75, 3.05) is 18.1 Å². The molecule has 3 rings (SSSR count). The second-order valence-corrected chi connectivity index (χ2v) is 9.66. The summed E-state index contributed by atoms with van der Waals surface area (Å²) in [4.78, 5) is 19.6. The molecule has 0 spiro atoms.